The van der Waals surface area contributed by atoms with E-state index in [0.717, 1.165) is 49.4 Å². The van der Waals surface area contributed by atoms with Crippen LogP contribution in [0, 0.1) is 0 Å². The Balaban J connectivity index is 1.45. The molecule has 0 bridgehead atoms. The monoisotopic (exact) mass is 345 g/mol. The molecule has 1 aromatic heterocycles. The van der Waals surface area contributed by atoms with Crippen molar-refractivity contribution in [1.29, 1.82) is 0 Å². The Morgan fingerprint density at radius 1 is 1.29 bits per heavy atom. The van der Waals surface area contributed by atoms with Gasteiger partial charge in [0.15, 0.2) is 5.69 Å². The first-order chi connectivity index (χ1) is 11.7. The third-order valence-electron chi connectivity index (χ3n) is 4.91. The normalized spacial score (nSPS) is 20.8. The summed E-state index contributed by atoms with van der Waals surface area (Å²) in [4.78, 5) is 12.5. The van der Waals surface area contributed by atoms with Crippen LogP contribution in [0.4, 0.5) is 0 Å². The van der Waals surface area contributed by atoms with E-state index in [2.05, 4.69) is 20.9 Å². The largest absolute Gasteiger partial charge is 0.344 e. The van der Waals surface area contributed by atoms with E-state index in [1.54, 1.807) is 6.20 Å². The standard InChI is InChI=1S/C17H20ClN5O/c18-12-2-3-14-11(9-12)1-4-15(14)20-17(24)16-10-23(22-21-16)13-5-7-19-8-6-13/h2-3,9-10,13,15,19H,1,4-8H2,(H,20,24). The van der Waals surface area contributed by atoms with Crippen molar-refractivity contribution < 1.29 is 4.79 Å². The number of nitrogens with one attached hydrogen (secondary N) is 2. The Morgan fingerprint density at radius 3 is 2.96 bits per heavy atom. The maximum absolute atomic E-state index is 12.5. The molecule has 0 radical (unpaired) electrons. The van der Waals surface area contributed by atoms with Gasteiger partial charge >= 0.3 is 0 Å². The average molecular weight is 346 g/mol. The summed E-state index contributed by atoms with van der Waals surface area (Å²) in [5.74, 6) is -0.164. The van der Waals surface area contributed by atoms with Crippen molar-refractivity contribution in [3.63, 3.8) is 0 Å². The summed E-state index contributed by atoms with van der Waals surface area (Å²) < 4.78 is 1.83. The Bertz CT molecular complexity index is 753. The van der Waals surface area contributed by atoms with Crippen molar-refractivity contribution in [1.82, 2.24) is 25.6 Å². The molecule has 1 unspecified atom stereocenters. The molecule has 1 aromatic carbocycles. The van der Waals surface area contributed by atoms with Crippen molar-refractivity contribution in [2.45, 2.75) is 37.8 Å². The van der Waals surface area contributed by atoms with Gasteiger partial charge < -0.3 is 10.6 Å². The van der Waals surface area contributed by atoms with Gasteiger partial charge in [-0.1, -0.05) is 22.9 Å². The second kappa shape index (κ2) is 6.53. The Hall–Kier alpha value is -1.92. The number of halogens is 1. The number of hydrogen-bond donors (Lipinski definition) is 2. The van der Waals surface area contributed by atoms with Crippen molar-refractivity contribution >= 4 is 17.5 Å². The molecule has 1 fully saturated rings. The van der Waals surface area contributed by atoms with Crippen molar-refractivity contribution in [2.75, 3.05) is 13.1 Å². The first-order valence-electron chi connectivity index (χ1n) is 8.42. The van der Waals surface area contributed by atoms with Crippen LogP contribution in [0.5, 0.6) is 0 Å². The second-order valence-electron chi connectivity index (χ2n) is 6.47. The molecule has 1 amide bonds. The lowest BCUT2D eigenvalue weighted by molar-refractivity contribution is 0.0931. The van der Waals surface area contributed by atoms with Crippen LogP contribution in [0.3, 0.4) is 0 Å². The topological polar surface area (TPSA) is 71.8 Å². The summed E-state index contributed by atoms with van der Waals surface area (Å²) in [5, 5.41) is 15.4. The Labute approximate surface area is 145 Å². The van der Waals surface area contributed by atoms with E-state index in [9.17, 15) is 4.79 Å². The van der Waals surface area contributed by atoms with Crippen LogP contribution in [0.25, 0.3) is 0 Å². The maximum atomic E-state index is 12.5. The number of carbonyl (C=O) groups is 1. The number of aryl methyl sites for hydroxylation is 1. The molecule has 2 N–H and O–H groups in total. The molecule has 24 heavy (non-hydrogen) atoms. The van der Waals surface area contributed by atoms with Gasteiger partial charge in [-0.3, -0.25) is 4.79 Å². The average Bonchev–Trinajstić information content (AvgIpc) is 3.23. The van der Waals surface area contributed by atoms with Gasteiger partial charge in [-0.05, 0) is 62.0 Å². The van der Waals surface area contributed by atoms with Gasteiger partial charge in [-0.25, -0.2) is 4.68 Å². The van der Waals surface area contributed by atoms with Gasteiger partial charge in [0.2, 0.25) is 0 Å². The molecule has 2 aromatic rings. The third kappa shape index (κ3) is 3.03. The molecule has 7 heteroatoms. The van der Waals surface area contributed by atoms with Crippen molar-refractivity contribution in [3.8, 4) is 0 Å². The van der Waals surface area contributed by atoms with Crippen LogP contribution in [0.2, 0.25) is 5.02 Å². The quantitative estimate of drug-likeness (QED) is 0.895. The lowest BCUT2D eigenvalue weighted by Gasteiger charge is -2.22. The van der Waals surface area contributed by atoms with E-state index in [1.165, 1.54) is 5.56 Å². The lowest BCUT2D eigenvalue weighted by atomic mass is 10.1. The van der Waals surface area contributed by atoms with Crippen LogP contribution < -0.4 is 10.6 Å². The number of rotatable bonds is 3. The fraction of sp³-hybridized carbons (Fsp3) is 0.471. The smallest absolute Gasteiger partial charge is 0.273 e. The number of carbonyl (C=O) groups excluding carboxylic acids is 1. The highest BCUT2D eigenvalue weighted by molar-refractivity contribution is 6.30. The van der Waals surface area contributed by atoms with Gasteiger partial charge in [-0.2, -0.15) is 0 Å². The third-order valence-corrected chi connectivity index (χ3v) is 5.15. The fourth-order valence-corrected chi connectivity index (χ4v) is 3.79. The van der Waals surface area contributed by atoms with E-state index >= 15 is 0 Å². The summed E-state index contributed by atoms with van der Waals surface area (Å²) in [6.45, 7) is 1.96. The molecule has 2 heterocycles. The maximum Gasteiger partial charge on any atom is 0.273 e. The summed E-state index contributed by atoms with van der Waals surface area (Å²) in [6.07, 6.45) is 5.62. The Kier molecular flexibility index (Phi) is 4.24. The summed E-state index contributed by atoms with van der Waals surface area (Å²) in [5.41, 5.74) is 2.75. The lowest BCUT2D eigenvalue weighted by Crippen LogP contribution is -2.29. The zero-order chi connectivity index (χ0) is 16.5. The molecule has 6 nitrogen and oxygen atoms in total. The molecule has 0 spiro atoms. The zero-order valence-corrected chi connectivity index (χ0v) is 14.1. The zero-order valence-electron chi connectivity index (χ0n) is 13.3. The number of amides is 1. The molecule has 126 valence electrons. The fourth-order valence-electron chi connectivity index (χ4n) is 3.60. The van der Waals surface area contributed by atoms with Gasteiger partial charge in [0, 0.05) is 5.02 Å². The van der Waals surface area contributed by atoms with Crippen molar-refractivity contribution in [3.05, 3.63) is 46.2 Å². The van der Waals surface area contributed by atoms with Gasteiger partial charge in [0.05, 0.1) is 18.3 Å². The molecule has 0 saturated carbocycles. The first kappa shape index (κ1) is 15.6. The molecule has 4 rings (SSSR count). The highest BCUT2D eigenvalue weighted by Crippen LogP contribution is 2.33. The molecule has 1 saturated heterocycles. The minimum Gasteiger partial charge on any atom is -0.344 e. The number of aromatic nitrogens is 3. The molecule has 2 aliphatic rings. The van der Waals surface area contributed by atoms with E-state index in [0.29, 0.717) is 11.7 Å². The highest BCUT2D eigenvalue weighted by Gasteiger charge is 2.26. The van der Waals surface area contributed by atoms with Gasteiger partial charge in [0.1, 0.15) is 0 Å². The minimum atomic E-state index is -0.164. The van der Waals surface area contributed by atoms with E-state index in [4.69, 9.17) is 11.6 Å². The van der Waals surface area contributed by atoms with Crippen molar-refractivity contribution in [2.24, 2.45) is 0 Å². The molecule has 1 atom stereocenters. The number of fused-ring (bicyclic) bond motifs is 1. The number of piperidine rings is 1. The molecule has 1 aliphatic heterocycles. The summed E-state index contributed by atoms with van der Waals surface area (Å²) in [7, 11) is 0. The summed E-state index contributed by atoms with van der Waals surface area (Å²) >= 11 is 6.04. The first-order valence-corrected chi connectivity index (χ1v) is 8.80. The number of nitrogens with zero attached hydrogens (tertiary/aromatic N) is 3. The predicted octanol–water partition coefficient (Wildman–Crippen LogP) is 2.27. The minimum absolute atomic E-state index is 0.0220. The van der Waals surface area contributed by atoms with Crippen LogP contribution in [0.1, 0.15) is 53.0 Å². The van der Waals surface area contributed by atoms with Crippen LogP contribution in [-0.2, 0) is 6.42 Å². The van der Waals surface area contributed by atoms with Gasteiger partial charge in [-0.15, -0.1) is 5.10 Å². The summed E-state index contributed by atoms with van der Waals surface area (Å²) in [6, 6.07) is 6.21. The van der Waals surface area contributed by atoms with E-state index in [1.807, 2.05) is 22.9 Å². The van der Waals surface area contributed by atoms with Crippen LogP contribution >= 0.6 is 11.6 Å². The number of benzene rings is 1. The SMILES string of the molecule is O=C(NC1CCc2cc(Cl)ccc21)c1cn(C2CCNCC2)nn1. The van der Waals surface area contributed by atoms with E-state index < -0.39 is 0 Å². The van der Waals surface area contributed by atoms with Gasteiger partial charge in [0.25, 0.3) is 5.91 Å². The predicted molar refractivity (Wildman–Crippen MR) is 91.1 cm³/mol. The molecule has 1 aliphatic carbocycles. The molecular formula is C17H20ClN5O. The second-order valence-corrected chi connectivity index (χ2v) is 6.91. The van der Waals surface area contributed by atoms with Crippen LogP contribution in [-0.4, -0.2) is 34.0 Å². The van der Waals surface area contributed by atoms with Crippen LogP contribution in [0.15, 0.2) is 24.4 Å². The highest BCUT2D eigenvalue weighted by atomic mass is 35.5. The molecular weight excluding hydrogens is 326 g/mol. The Morgan fingerprint density at radius 2 is 2.12 bits per heavy atom. The number of hydrogen-bond acceptors (Lipinski definition) is 4. The van der Waals surface area contributed by atoms with E-state index in [-0.39, 0.29) is 11.9 Å².